The summed E-state index contributed by atoms with van der Waals surface area (Å²) in [5.41, 5.74) is 1.22. The van der Waals surface area contributed by atoms with Gasteiger partial charge in [-0.2, -0.15) is 0 Å². The summed E-state index contributed by atoms with van der Waals surface area (Å²) in [6, 6.07) is 7.94. The molecule has 0 amide bonds. The van der Waals surface area contributed by atoms with Crippen LogP contribution in [0.4, 0.5) is 0 Å². The van der Waals surface area contributed by atoms with Gasteiger partial charge in [-0.1, -0.05) is 23.7 Å². The SMILES string of the molecule is Clc1cccc(CNCC2CCCO2)c1. The van der Waals surface area contributed by atoms with Gasteiger partial charge in [0.2, 0.25) is 0 Å². The van der Waals surface area contributed by atoms with Crippen LogP contribution in [0.15, 0.2) is 24.3 Å². The fraction of sp³-hybridized carbons (Fsp3) is 0.500. The molecule has 2 rings (SSSR count). The van der Waals surface area contributed by atoms with E-state index in [1.807, 2.05) is 18.2 Å². The molecule has 1 aliphatic rings. The topological polar surface area (TPSA) is 21.3 Å². The summed E-state index contributed by atoms with van der Waals surface area (Å²) in [6.07, 6.45) is 2.79. The van der Waals surface area contributed by atoms with Crippen molar-refractivity contribution in [2.24, 2.45) is 0 Å². The van der Waals surface area contributed by atoms with Gasteiger partial charge in [0.25, 0.3) is 0 Å². The predicted octanol–water partition coefficient (Wildman–Crippen LogP) is 2.61. The Labute approximate surface area is 95.6 Å². The van der Waals surface area contributed by atoms with Crippen LogP contribution in [0.1, 0.15) is 18.4 Å². The number of nitrogens with one attached hydrogen (secondary N) is 1. The van der Waals surface area contributed by atoms with Crippen molar-refractivity contribution in [3.05, 3.63) is 34.9 Å². The van der Waals surface area contributed by atoms with Gasteiger partial charge in [-0.15, -0.1) is 0 Å². The van der Waals surface area contributed by atoms with Crippen molar-refractivity contribution in [1.82, 2.24) is 5.32 Å². The highest BCUT2D eigenvalue weighted by Gasteiger charge is 2.14. The van der Waals surface area contributed by atoms with E-state index < -0.39 is 0 Å². The van der Waals surface area contributed by atoms with Gasteiger partial charge in [-0.05, 0) is 30.5 Å². The fourth-order valence-corrected chi connectivity index (χ4v) is 2.04. The fourth-order valence-electron chi connectivity index (χ4n) is 1.83. The molecule has 0 spiro atoms. The molecule has 0 bridgehead atoms. The third-order valence-electron chi connectivity index (χ3n) is 2.61. The highest BCUT2D eigenvalue weighted by atomic mass is 35.5. The predicted molar refractivity (Wildman–Crippen MR) is 62.1 cm³/mol. The summed E-state index contributed by atoms with van der Waals surface area (Å²) < 4.78 is 5.53. The molecule has 0 aliphatic carbocycles. The number of hydrogen-bond donors (Lipinski definition) is 1. The van der Waals surface area contributed by atoms with Crippen LogP contribution < -0.4 is 5.32 Å². The van der Waals surface area contributed by atoms with Crippen molar-refractivity contribution in [2.75, 3.05) is 13.2 Å². The summed E-state index contributed by atoms with van der Waals surface area (Å²) in [5, 5.41) is 4.18. The second-order valence-corrected chi connectivity index (χ2v) is 4.33. The standard InChI is InChI=1S/C12H16ClNO/c13-11-4-1-3-10(7-11)8-14-9-12-5-2-6-15-12/h1,3-4,7,12,14H,2,5-6,8-9H2. The monoisotopic (exact) mass is 225 g/mol. The molecule has 0 aromatic heterocycles. The molecule has 1 saturated heterocycles. The van der Waals surface area contributed by atoms with Crippen LogP contribution in [0.25, 0.3) is 0 Å². The Morgan fingerprint density at radius 2 is 2.40 bits per heavy atom. The van der Waals surface area contributed by atoms with Crippen molar-refractivity contribution < 1.29 is 4.74 Å². The largest absolute Gasteiger partial charge is 0.377 e. The number of rotatable bonds is 4. The molecular formula is C12H16ClNO. The van der Waals surface area contributed by atoms with Crippen LogP contribution in [-0.2, 0) is 11.3 Å². The van der Waals surface area contributed by atoms with Crippen LogP contribution in [0, 0.1) is 0 Å². The minimum atomic E-state index is 0.407. The summed E-state index contributed by atoms with van der Waals surface area (Å²) in [6.45, 7) is 2.72. The molecule has 82 valence electrons. The van der Waals surface area contributed by atoms with Crippen molar-refractivity contribution in [1.29, 1.82) is 0 Å². The maximum Gasteiger partial charge on any atom is 0.0700 e. The number of ether oxygens (including phenoxy) is 1. The highest BCUT2D eigenvalue weighted by molar-refractivity contribution is 6.30. The highest BCUT2D eigenvalue weighted by Crippen LogP contribution is 2.12. The Bertz CT molecular complexity index is 310. The number of halogens is 1. The van der Waals surface area contributed by atoms with Gasteiger partial charge in [-0.25, -0.2) is 0 Å². The van der Waals surface area contributed by atoms with Crippen molar-refractivity contribution in [2.45, 2.75) is 25.5 Å². The molecule has 2 nitrogen and oxygen atoms in total. The second-order valence-electron chi connectivity index (χ2n) is 3.90. The summed E-state index contributed by atoms with van der Waals surface area (Å²) in [4.78, 5) is 0. The maximum absolute atomic E-state index is 5.90. The van der Waals surface area contributed by atoms with E-state index in [0.29, 0.717) is 6.10 Å². The second kappa shape index (κ2) is 5.50. The first-order chi connectivity index (χ1) is 7.34. The smallest absolute Gasteiger partial charge is 0.0700 e. The molecule has 1 atom stereocenters. The third-order valence-corrected chi connectivity index (χ3v) is 2.85. The van der Waals surface area contributed by atoms with Crippen molar-refractivity contribution >= 4 is 11.6 Å². The van der Waals surface area contributed by atoms with E-state index in [4.69, 9.17) is 16.3 Å². The van der Waals surface area contributed by atoms with Gasteiger partial charge < -0.3 is 10.1 Å². The van der Waals surface area contributed by atoms with Crippen LogP contribution in [-0.4, -0.2) is 19.3 Å². The maximum atomic E-state index is 5.90. The Hall–Kier alpha value is -0.570. The molecule has 3 heteroatoms. The molecule has 1 aliphatic heterocycles. The molecule has 15 heavy (non-hydrogen) atoms. The van der Waals surface area contributed by atoms with Gasteiger partial charge in [0.1, 0.15) is 0 Å². The minimum Gasteiger partial charge on any atom is -0.377 e. The minimum absolute atomic E-state index is 0.407. The lowest BCUT2D eigenvalue weighted by Gasteiger charge is -2.10. The first kappa shape index (κ1) is 10.9. The summed E-state index contributed by atoms with van der Waals surface area (Å²) in [5.74, 6) is 0. The number of hydrogen-bond acceptors (Lipinski definition) is 2. The van der Waals surface area contributed by atoms with Crippen LogP contribution in [0.3, 0.4) is 0 Å². The molecule has 1 N–H and O–H groups in total. The lowest BCUT2D eigenvalue weighted by Crippen LogP contribution is -2.25. The lowest BCUT2D eigenvalue weighted by molar-refractivity contribution is 0.110. The molecule has 1 fully saturated rings. The zero-order valence-electron chi connectivity index (χ0n) is 8.71. The van der Waals surface area contributed by atoms with Gasteiger partial charge in [0.15, 0.2) is 0 Å². The molecule has 1 heterocycles. The molecule has 1 aromatic rings. The Morgan fingerprint density at radius 3 is 3.13 bits per heavy atom. The van der Waals surface area contributed by atoms with Crippen molar-refractivity contribution in [3.63, 3.8) is 0 Å². The summed E-state index contributed by atoms with van der Waals surface area (Å²) in [7, 11) is 0. The van der Waals surface area contributed by atoms with E-state index in [1.165, 1.54) is 18.4 Å². The van der Waals surface area contributed by atoms with E-state index in [1.54, 1.807) is 0 Å². The Balaban J connectivity index is 1.73. The zero-order chi connectivity index (χ0) is 10.5. The first-order valence-electron chi connectivity index (χ1n) is 5.41. The number of benzene rings is 1. The van der Waals surface area contributed by atoms with E-state index in [-0.39, 0.29) is 0 Å². The zero-order valence-corrected chi connectivity index (χ0v) is 9.46. The normalized spacial score (nSPS) is 20.7. The quantitative estimate of drug-likeness (QED) is 0.851. The van der Waals surface area contributed by atoms with Crippen molar-refractivity contribution in [3.8, 4) is 0 Å². The molecule has 0 saturated carbocycles. The molecule has 1 unspecified atom stereocenters. The molecule has 0 radical (unpaired) electrons. The van der Waals surface area contributed by atoms with Crippen LogP contribution in [0.2, 0.25) is 5.02 Å². The first-order valence-corrected chi connectivity index (χ1v) is 5.79. The van der Waals surface area contributed by atoms with Gasteiger partial charge in [0.05, 0.1) is 6.10 Å². The van der Waals surface area contributed by atoms with Crippen LogP contribution >= 0.6 is 11.6 Å². The van der Waals surface area contributed by atoms with E-state index in [0.717, 1.165) is 24.7 Å². The van der Waals surface area contributed by atoms with E-state index in [2.05, 4.69) is 11.4 Å². The van der Waals surface area contributed by atoms with Gasteiger partial charge in [-0.3, -0.25) is 0 Å². The third kappa shape index (κ3) is 3.49. The van der Waals surface area contributed by atoms with E-state index >= 15 is 0 Å². The average Bonchev–Trinajstić information content (AvgIpc) is 2.71. The molecular weight excluding hydrogens is 210 g/mol. The van der Waals surface area contributed by atoms with Crippen LogP contribution in [0.5, 0.6) is 0 Å². The van der Waals surface area contributed by atoms with Gasteiger partial charge in [0, 0.05) is 24.7 Å². The molecule has 1 aromatic carbocycles. The summed E-state index contributed by atoms with van der Waals surface area (Å²) >= 11 is 5.90. The van der Waals surface area contributed by atoms with E-state index in [9.17, 15) is 0 Å². The Morgan fingerprint density at radius 1 is 1.47 bits per heavy atom. The lowest BCUT2D eigenvalue weighted by atomic mass is 10.2. The Kier molecular flexibility index (Phi) is 4.01. The van der Waals surface area contributed by atoms with Gasteiger partial charge >= 0.3 is 0 Å². The average molecular weight is 226 g/mol.